The fraction of sp³-hybridized carbons (Fsp3) is 0.429. The summed E-state index contributed by atoms with van der Waals surface area (Å²) in [4.78, 5) is 18.4. The summed E-state index contributed by atoms with van der Waals surface area (Å²) >= 11 is 3.11. The summed E-state index contributed by atoms with van der Waals surface area (Å²) in [6, 6.07) is 2.01. The Morgan fingerprint density at radius 3 is 2.90 bits per heavy atom. The summed E-state index contributed by atoms with van der Waals surface area (Å²) in [5.41, 5.74) is 1.50. The third-order valence-corrected chi connectivity index (χ3v) is 5.28. The van der Waals surface area contributed by atoms with Crippen molar-refractivity contribution in [2.24, 2.45) is 5.41 Å². The number of aliphatic hydroxyl groups is 1. The van der Waals surface area contributed by atoms with Gasteiger partial charge < -0.3 is 10.0 Å². The van der Waals surface area contributed by atoms with Crippen LogP contribution >= 0.6 is 22.7 Å². The van der Waals surface area contributed by atoms with E-state index in [0.29, 0.717) is 12.2 Å². The molecule has 1 amide bonds. The van der Waals surface area contributed by atoms with E-state index in [-0.39, 0.29) is 17.9 Å². The molecular formula is C14H16N2O2S2. The van der Waals surface area contributed by atoms with Gasteiger partial charge in [0.25, 0.3) is 5.91 Å². The van der Waals surface area contributed by atoms with Crippen molar-refractivity contribution in [2.45, 2.75) is 12.8 Å². The van der Waals surface area contributed by atoms with Gasteiger partial charge in [0.05, 0.1) is 6.61 Å². The van der Waals surface area contributed by atoms with Gasteiger partial charge in [0.15, 0.2) is 0 Å². The number of carbonyl (C=O) groups is 1. The molecule has 20 heavy (non-hydrogen) atoms. The molecule has 0 unspecified atom stereocenters. The molecule has 0 spiro atoms. The minimum atomic E-state index is -0.0672. The number of aromatic nitrogens is 1. The predicted octanol–water partition coefficient (Wildman–Crippen LogP) is 2.72. The van der Waals surface area contributed by atoms with Crippen LogP contribution in [0.25, 0.3) is 10.6 Å². The maximum atomic E-state index is 12.3. The Balaban J connectivity index is 1.71. The number of hydrogen-bond donors (Lipinski definition) is 1. The Labute approximate surface area is 125 Å². The lowest BCUT2D eigenvalue weighted by Gasteiger charge is -2.21. The number of amides is 1. The molecule has 0 radical (unpaired) electrons. The van der Waals surface area contributed by atoms with E-state index in [0.717, 1.165) is 23.4 Å². The number of nitrogens with zero attached hydrogens (tertiary/aromatic N) is 2. The molecule has 4 nitrogen and oxygen atoms in total. The van der Waals surface area contributed by atoms with Crippen molar-refractivity contribution in [2.75, 3.05) is 20.2 Å². The molecule has 1 aliphatic carbocycles. The summed E-state index contributed by atoms with van der Waals surface area (Å²) in [7, 11) is 1.78. The van der Waals surface area contributed by atoms with Gasteiger partial charge in [-0.05, 0) is 24.3 Å². The molecule has 2 aromatic rings. The number of thiophene rings is 1. The van der Waals surface area contributed by atoms with Crippen molar-refractivity contribution < 1.29 is 9.90 Å². The number of aliphatic hydroxyl groups excluding tert-OH is 1. The van der Waals surface area contributed by atoms with Crippen molar-refractivity contribution in [1.29, 1.82) is 0 Å². The average molecular weight is 308 g/mol. The smallest absolute Gasteiger partial charge is 0.273 e. The summed E-state index contributed by atoms with van der Waals surface area (Å²) in [6.07, 6.45) is 2.00. The number of thiazole rings is 1. The predicted molar refractivity (Wildman–Crippen MR) is 81.1 cm³/mol. The number of hydrogen-bond acceptors (Lipinski definition) is 5. The molecule has 1 fully saturated rings. The zero-order chi connectivity index (χ0) is 14.2. The highest BCUT2D eigenvalue weighted by atomic mass is 32.1. The van der Waals surface area contributed by atoms with E-state index in [1.54, 1.807) is 23.3 Å². The maximum Gasteiger partial charge on any atom is 0.273 e. The zero-order valence-electron chi connectivity index (χ0n) is 11.2. The van der Waals surface area contributed by atoms with Gasteiger partial charge in [-0.15, -0.1) is 11.3 Å². The van der Waals surface area contributed by atoms with Crippen LogP contribution in [0, 0.1) is 5.41 Å². The second-order valence-electron chi connectivity index (χ2n) is 5.37. The lowest BCUT2D eigenvalue weighted by Crippen LogP contribution is -2.34. The lowest BCUT2D eigenvalue weighted by molar-refractivity contribution is 0.0728. The largest absolute Gasteiger partial charge is 0.396 e. The Bertz CT molecular complexity index is 602. The highest BCUT2D eigenvalue weighted by molar-refractivity contribution is 7.14. The number of rotatable bonds is 5. The summed E-state index contributed by atoms with van der Waals surface area (Å²) < 4.78 is 0. The minimum Gasteiger partial charge on any atom is -0.396 e. The van der Waals surface area contributed by atoms with Crippen molar-refractivity contribution in [3.05, 3.63) is 27.9 Å². The second-order valence-corrected chi connectivity index (χ2v) is 7.01. The molecule has 0 aromatic carbocycles. The van der Waals surface area contributed by atoms with Gasteiger partial charge in [-0.2, -0.15) is 11.3 Å². The fourth-order valence-corrected chi connectivity index (χ4v) is 3.71. The van der Waals surface area contributed by atoms with E-state index in [1.165, 1.54) is 11.3 Å². The highest BCUT2D eigenvalue weighted by Crippen LogP contribution is 2.45. The molecule has 0 aliphatic heterocycles. The van der Waals surface area contributed by atoms with E-state index < -0.39 is 0 Å². The lowest BCUT2D eigenvalue weighted by atomic mass is 10.1. The van der Waals surface area contributed by atoms with Crippen LogP contribution in [-0.4, -0.2) is 41.1 Å². The topological polar surface area (TPSA) is 53.4 Å². The highest BCUT2D eigenvalue weighted by Gasteiger charge is 2.43. The van der Waals surface area contributed by atoms with Crippen LogP contribution in [-0.2, 0) is 0 Å². The van der Waals surface area contributed by atoms with Crippen molar-refractivity contribution in [3.63, 3.8) is 0 Å². The van der Waals surface area contributed by atoms with Crippen LogP contribution in [0.4, 0.5) is 0 Å². The van der Waals surface area contributed by atoms with Gasteiger partial charge in [-0.25, -0.2) is 4.98 Å². The second kappa shape index (κ2) is 5.27. The van der Waals surface area contributed by atoms with E-state index in [4.69, 9.17) is 0 Å². The van der Waals surface area contributed by atoms with Crippen LogP contribution in [0.3, 0.4) is 0 Å². The van der Waals surface area contributed by atoms with E-state index in [1.807, 2.05) is 22.2 Å². The van der Waals surface area contributed by atoms with Gasteiger partial charge in [-0.3, -0.25) is 4.79 Å². The van der Waals surface area contributed by atoms with Crippen LogP contribution in [0.2, 0.25) is 0 Å². The molecule has 0 bridgehead atoms. The zero-order valence-corrected chi connectivity index (χ0v) is 12.8. The van der Waals surface area contributed by atoms with Gasteiger partial charge in [0, 0.05) is 35.3 Å². The van der Waals surface area contributed by atoms with Crippen LogP contribution in [0.15, 0.2) is 22.2 Å². The van der Waals surface area contributed by atoms with Crippen molar-refractivity contribution >= 4 is 28.6 Å². The molecule has 1 N–H and O–H groups in total. The molecule has 0 saturated heterocycles. The van der Waals surface area contributed by atoms with Crippen molar-refractivity contribution in [1.82, 2.24) is 9.88 Å². The molecular weight excluding hydrogens is 292 g/mol. The van der Waals surface area contributed by atoms with Crippen LogP contribution < -0.4 is 0 Å². The molecule has 0 atom stereocenters. The molecule has 3 rings (SSSR count). The monoisotopic (exact) mass is 308 g/mol. The standard InChI is InChI=1S/C14H16N2O2S2/c1-16(8-14(9-17)3-4-14)13(18)11-7-20-12(15-11)10-2-5-19-6-10/h2,5-7,17H,3-4,8-9H2,1H3. The van der Waals surface area contributed by atoms with E-state index >= 15 is 0 Å². The first kappa shape index (κ1) is 13.7. The van der Waals surface area contributed by atoms with Crippen LogP contribution in [0.5, 0.6) is 0 Å². The average Bonchev–Trinajstić information content (AvgIpc) is 2.89. The van der Waals surface area contributed by atoms with Gasteiger partial charge in [0.1, 0.15) is 10.7 Å². The summed E-state index contributed by atoms with van der Waals surface area (Å²) in [6.45, 7) is 0.759. The van der Waals surface area contributed by atoms with Gasteiger partial charge in [-0.1, -0.05) is 0 Å². The summed E-state index contributed by atoms with van der Waals surface area (Å²) in [5, 5.41) is 16.1. The normalized spacial score (nSPS) is 16.1. The minimum absolute atomic E-state index is 0.0589. The molecule has 6 heteroatoms. The molecule has 2 heterocycles. The third-order valence-electron chi connectivity index (χ3n) is 3.70. The first-order chi connectivity index (χ1) is 9.63. The molecule has 2 aromatic heterocycles. The maximum absolute atomic E-state index is 12.3. The quantitative estimate of drug-likeness (QED) is 0.924. The van der Waals surface area contributed by atoms with Crippen molar-refractivity contribution in [3.8, 4) is 10.6 Å². The Kier molecular flexibility index (Phi) is 3.62. The number of carbonyl (C=O) groups excluding carboxylic acids is 1. The Morgan fingerprint density at radius 2 is 2.30 bits per heavy atom. The fourth-order valence-electron chi connectivity index (χ4n) is 2.20. The van der Waals surface area contributed by atoms with E-state index in [9.17, 15) is 9.90 Å². The van der Waals surface area contributed by atoms with E-state index in [2.05, 4.69) is 4.98 Å². The molecule has 106 valence electrons. The third kappa shape index (κ3) is 2.63. The molecule has 1 aliphatic rings. The SMILES string of the molecule is CN(CC1(CO)CC1)C(=O)c1csc(-c2ccsc2)n1. The molecule has 1 saturated carbocycles. The van der Waals surface area contributed by atoms with Gasteiger partial charge in [0.2, 0.25) is 0 Å². The first-order valence-corrected chi connectivity index (χ1v) is 8.30. The Hall–Kier alpha value is -1.24. The summed E-state index contributed by atoms with van der Waals surface area (Å²) in [5.74, 6) is -0.0672. The van der Waals surface area contributed by atoms with Gasteiger partial charge >= 0.3 is 0 Å². The first-order valence-electron chi connectivity index (χ1n) is 6.48. The van der Waals surface area contributed by atoms with Crippen LogP contribution in [0.1, 0.15) is 23.3 Å². The Morgan fingerprint density at radius 1 is 1.50 bits per heavy atom.